The van der Waals surface area contributed by atoms with Gasteiger partial charge in [-0.15, -0.1) is 11.3 Å². The van der Waals surface area contributed by atoms with Crippen LogP contribution in [-0.2, 0) is 19.6 Å². The maximum Gasteiger partial charge on any atom is 0.326 e. The number of esters is 1. The minimum absolute atomic E-state index is 0.0847. The third-order valence-corrected chi connectivity index (χ3v) is 5.07. The normalized spacial score (nSPS) is 14.9. The monoisotopic (exact) mass is 307 g/mol. The van der Waals surface area contributed by atoms with Gasteiger partial charge in [-0.1, -0.05) is 13.0 Å². The van der Waals surface area contributed by atoms with Crippen LogP contribution < -0.4 is 4.72 Å². The number of rotatable bonds is 7. The van der Waals surface area contributed by atoms with E-state index in [1.165, 1.54) is 13.0 Å². The van der Waals surface area contributed by atoms with Gasteiger partial charge in [0.15, 0.2) is 0 Å². The molecule has 0 radical (unpaired) electrons. The number of hydrogen-bond donors (Lipinski definition) is 2. The van der Waals surface area contributed by atoms with Gasteiger partial charge in [-0.25, -0.2) is 8.42 Å². The van der Waals surface area contributed by atoms with Crippen LogP contribution in [-0.4, -0.2) is 38.2 Å². The van der Waals surface area contributed by atoms with Gasteiger partial charge in [0.25, 0.3) is 10.0 Å². The SMILES string of the molecule is CCCOC(=O)[C@@H](NS(=O)(=O)c1cccs1)[C@H](C)O. The van der Waals surface area contributed by atoms with E-state index in [0.29, 0.717) is 6.42 Å². The maximum atomic E-state index is 12.0. The molecule has 1 heterocycles. The molecule has 8 heteroatoms. The Kier molecular flexibility index (Phi) is 5.92. The molecule has 0 aliphatic heterocycles. The van der Waals surface area contributed by atoms with Crippen LogP contribution in [0.25, 0.3) is 0 Å². The molecule has 1 aromatic rings. The summed E-state index contributed by atoms with van der Waals surface area (Å²) in [7, 11) is -3.82. The number of aliphatic hydroxyl groups is 1. The van der Waals surface area contributed by atoms with Crippen molar-refractivity contribution in [2.24, 2.45) is 0 Å². The van der Waals surface area contributed by atoms with Gasteiger partial charge in [-0.05, 0) is 24.8 Å². The van der Waals surface area contributed by atoms with Crippen molar-refractivity contribution < 1.29 is 23.1 Å². The molecule has 1 aromatic heterocycles. The van der Waals surface area contributed by atoms with Crippen molar-refractivity contribution in [3.63, 3.8) is 0 Å². The highest BCUT2D eigenvalue weighted by atomic mass is 32.2. The van der Waals surface area contributed by atoms with E-state index in [1.54, 1.807) is 11.4 Å². The van der Waals surface area contributed by atoms with E-state index in [0.717, 1.165) is 11.3 Å². The van der Waals surface area contributed by atoms with E-state index in [2.05, 4.69) is 4.72 Å². The molecular weight excluding hydrogens is 290 g/mol. The second-order valence-corrected chi connectivity index (χ2v) is 6.83. The zero-order valence-electron chi connectivity index (χ0n) is 10.7. The van der Waals surface area contributed by atoms with E-state index < -0.39 is 28.1 Å². The molecule has 0 aromatic carbocycles. The van der Waals surface area contributed by atoms with Crippen molar-refractivity contribution >= 4 is 27.3 Å². The molecule has 0 amide bonds. The maximum absolute atomic E-state index is 12.0. The first-order valence-corrected chi connectivity index (χ1v) is 8.15. The zero-order valence-corrected chi connectivity index (χ0v) is 12.3. The fourth-order valence-electron chi connectivity index (χ4n) is 1.28. The molecule has 0 aliphatic carbocycles. The molecule has 108 valence electrons. The zero-order chi connectivity index (χ0) is 14.5. The molecule has 0 saturated heterocycles. The second-order valence-electron chi connectivity index (χ2n) is 3.94. The summed E-state index contributed by atoms with van der Waals surface area (Å²) in [6.07, 6.45) is -0.560. The molecular formula is C11H17NO5S2. The summed E-state index contributed by atoms with van der Waals surface area (Å²) in [5.74, 6) is -0.781. The number of carbonyl (C=O) groups is 1. The van der Waals surface area contributed by atoms with E-state index in [1.807, 2.05) is 6.92 Å². The van der Waals surface area contributed by atoms with Crippen molar-refractivity contribution in [2.45, 2.75) is 36.6 Å². The second kappa shape index (κ2) is 6.99. The number of carbonyl (C=O) groups excluding carboxylic acids is 1. The average molecular weight is 307 g/mol. The van der Waals surface area contributed by atoms with Crippen LogP contribution in [0.15, 0.2) is 21.7 Å². The number of hydrogen-bond acceptors (Lipinski definition) is 6. The van der Waals surface area contributed by atoms with E-state index in [9.17, 15) is 18.3 Å². The molecule has 0 aliphatic rings. The lowest BCUT2D eigenvalue weighted by atomic mass is 10.2. The standard InChI is InChI=1S/C11H17NO5S2/c1-3-6-17-11(14)10(8(2)13)12-19(15,16)9-5-4-7-18-9/h4-5,7-8,10,12-13H,3,6H2,1-2H3/t8-,10-/m0/s1. The van der Waals surface area contributed by atoms with Gasteiger partial charge < -0.3 is 9.84 Å². The number of aliphatic hydroxyl groups excluding tert-OH is 1. The van der Waals surface area contributed by atoms with E-state index >= 15 is 0 Å². The lowest BCUT2D eigenvalue weighted by Gasteiger charge is -2.19. The van der Waals surface area contributed by atoms with E-state index in [-0.39, 0.29) is 10.8 Å². The highest BCUT2D eigenvalue weighted by Gasteiger charge is 2.31. The fourth-order valence-corrected chi connectivity index (χ4v) is 3.55. The van der Waals surface area contributed by atoms with Crippen molar-refractivity contribution in [1.82, 2.24) is 4.72 Å². The Balaban J connectivity index is 2.82. The van der Waals surface area contributed by atoms with Crippen LogP contribution in [0.4, 0.5) is 0 Å². The quantitative estimate of drug-likeness (QED) is 0.724. The Morgan fingerprint density at radius 2 is 2.26 bits per heavy atom. The predicted octanol–water partition coefficient (Wildman–Crippen LogP) is 0.729. The summed E-state index contributed by atoms with van der Waals surface area (Å²) >= 11 is 1.03. The Hall–Kier alpha value is -0.960. The lowest BCUT2D eigenvalue weighted by Crippen LogP contribution is -2.48. The summed E-state index contributed by atoms with van der Waals surface area (Å²) < 4.78 is 31.0. The van der Waals surface area contributed by atoms with Gasteiger partial charge in [0, 0.05) is 0 Å². The molecule has 0 unspecified atom stereocenters. The minimum atomic E-state index is -3.82. The number of ether oxygens (including phenoxy) is 1. The van der Waals surface area contributed by atoms with Crippen molar-refractivity contribution in [1.29, 1.82) is 0 Å². The smallest absolute Gasteiger partial charge is 0.326 e. The number of nitrogens with one attached hydrogen (secondary N) is 1. The van der Waals surface area contributed by atoms with Crippen LogP contribution in [0.2, 0.25) is 0 Å². The Morgan fingerprint density at radius 1 is 1.58 bits per heavy atom. The molecule has 0 spiro atoms. The van der Waals surface area contributed by atoms with Crippen LogP contribution >= 0.6 is 11.3 Å². The first-order chi connectivity index (χ1) is 8.88. The highest BCUT2D eigenvalue weighted by molar-refractivity contribution is 7.91. The summed E-state index contributed by atoms with van der Waals surface area (Å²) in [5, 5.41) is 11.1. The molecule has 2 atom stereocenters. The molecule has 19 heavy (non-hydrogen) atoms. The highest BCUT2D eigenvalue weighted by Crippen LogP contribution is 2.16. The fraction of sp³-hybridized carbons (Fsp3) is 0.545. The molecule has 2 N–H and O–H groups in total. The first-order valence-electron chi connectivity index (χ1n) is 5.79. The molecule has 0 fully saturated rings. The van der Waals surface area contributed by atoms with Crippen LogP contribution in [0.5, 0.6) is 0 Å². The molecule has 0 bridgehead atoms. The first kappa shape index (κ1) is 16.1. The third-order valence-electron chi connectivity index (χ3n) is 2.23. The Morgan fingerprint density at radius 3 is 2.74 bits per heavy atom. The lowest BCUT2D eigenvalue weighted by molar-refractivity contribution is -0.148. The summed E-state index contributed by atoms with van der Waals surface area (Å²) in [5.41, 5.74) is 0. The van der Waals surface area contributed by atoms with Crippen molar-refractivity contribution in [3.05, 3.63) is 17.5 Å². The minimum Gasteiger partial charge on any atom is -0.464 e. The molecule has 1 rings (SSSR count). The van der Waals surface area contributed by atoms with Gasteiger partial charge in [0.05, 0.1) is 12.7 Å². The van der Waals surface area contributed by atoms with Crippen molar-refractivity contribution in [3.8, 4) is 0 Å². The summed E-state index contributed by atoms with van der Waals surface area (Å²) in [6, 6.07) is 1.70. The van der Waals surface area contributed by atoms with Crippen LogP contribution in [0.3, 0.4) is 0 Å². The van der Waals surface area contributed by atoms with Crippen molar-refractivity contribution in [2.75, 3.05) is 6.61 Å². The topological polar surface area (TPSA) is 92.7 Å². The average Bonchev–Trinajstić information content (AvgIpc) is 2.87. The summed E-state index contributed by atoms with van der Waals surface area (Å²) in [4.78, 5) is 11.7. The number of sulfonamides is 1. The van der Waals surface area contributed by atoms with Crippen LogP contribution in [0, 0.1) is 0 Å². The Labute approximate surface area is 116 Å². The molecule has 6 nitrogen and oxygen atoms in total. The van der Waals surface area contributed by atoms with Gasteiger partial charge in [0.2, 0.25) is 0 Å². The summed E-state index contributed by atoms with van der Waals surface area (Å²) in [6.45, 7) is 3.33. The van der Waals surface area contributed by atoms with E-state index in [4.69, 9.17) is 4.74 Å². The Bertz CT molecular complexity index is 495. The number of thiophene rings is 1. The van der Waals surface area contributed by atoms with Crippen LogP contribution in [0.1, 0.15) is 20.3 Å². The molecule has 0 saturated carbocycles. The van der Waals surface area contributed by atoms with Gasteiger partial charge in [-0.2, -0.15) is 4.72 Å². The predicted molar refractivity (Wildman–Crippen MR) is 71.4 cm³/mol. The largest absolute Gasteiger partial charge is 0.464 e. The van der Waals surface area contributed by atoms with Gasteiger partial charge in [-0.3, -0.25) is 4.79 Å². The van der Waals surface area contributed by atoms with Gasteiger partial charge in [0.1, 0.15) is 10.3 Å². The van der Waals surface area contributed by atoms with Gasteiger partial charge >= 0.3 is 5.97 Å². The third kappa shape index (κ3) is 4.57.